The molecular formula is C74H126O6. The molecule has 80 heavy (non-hydrogen) atoms. The molecule has 0 fully saturated rings. The minimum atomic E-state index is -0.813. The minimum Gasteiger partial charge on any atom is -0.462 e. The van der Waals surface area contributed by atoms with Crippen molar-refractivity contribution >= 4 is 17.9 Å². The van der Waals surface area contributed by atoms with Gasteiger partial charge >= 0.3 is 17.9 Å². The maximum absolute atomic E-state index is 12.9. The molecule has 0 N–H and O–H groups in total. The molecule has 1 unspecified atom stereocenters. The Bertz CT molecular complexity index is 1610. The number of hydrogen-bond donors (Lipinski definition) is 0. The van der Waals surface area contributed by atoms with Crippen LogP contribution in [0, 0.1) is 0 Å². The second-order valence-corrected chi connectivity index (χ2v) is 22.3. The first-order valence-corrected chi connectivity index (χ1v) is 33.9. The second-order valence-electron chi connectivity index (χ2n) is 22.3. The van der Waals surface area contributed by atoms with E-state index in [0.717, 1.165) is 89.9 Å². The third kappa shape index (κ3) is 64.9. The zero-order valence-electron chi connectivity index (χ0n) is 52.6. The Morgan fingerprint density at radius 2 is 0.512 bits per heavy atom. The van der Waals surface area contributed by atoms with Gasteiger partial charge in [0.1, 0.15) is 13.2 Å². The van der Waals surface area contributed by atoms with Crippen LogP contribution < -0.4 is 0 Å². The molecule has 6 nitrogen and oxygen atoms in total. The molecule has 0 aliphatic carbocycles. The van der Waals surface area contributed by atoms with Crippen LogP contribution in [0.25, 0.3) is 0 Å². The molecule has 0 aliphatic rings. The zero-order valence-corrected chi connectivity index (χ0v) is 52.6. The molecule has 0 aromatic heterocycles. The van der Waals surface area contributed by atoms with Crippen molar-refractivity contribution in [2.75, 3.05) is 13.2 Å². The molecule has 0 heterocycles. The number of hydrogen-bond acceptors (Lipinski definition) is 6. The fourth-order valence-corrected chi connectivity index (χ4v) is 9.44. The highest BCUT2D eigenvalue weighted by molar-refractivity contribution is 5.71. The van der Waals surface area contributed by atoms with Crippen LogP contribution in [0.1, 0.15) is 323 Å². The quantitative estimate of drug-likeness (QED) is 0.0261. The molecule has 0 saturated heterocycles. The molecule has 0 bridgehead atoms. The van der Waals surface area contributed by atoms with Gasteiger partial charge in [0.25, 0.3) is 0 Å². The summed E-state index contributed by atoms with van der Waals surface area (Å²) >= 11 is 0. The van der Waals surface area contributed by atoms with E-state index in [2.05, 4.69) is 124 Å². The van der Waals surface area contributed by atoms with E-state index in [-0.39, 0.29) is 37.5 Å². The fourth-order valence-electron chi connectivity index (χ4n) is 9.44. The molecule has 0 saturated carbocycles. The average Bonchev–Trinajstić information content (AvgIpc) is 3.46. The van der Waals surface area contributed by atoms with Crippen molar-refractivity contribution in [3.8, 4) is 0 Å². The summed E-state index contributed by atoms with van der Waals surface area (Å²) in [4.78, 5) is 38.3. The van der Waals surface area contributed by atoms with Crippen LogP contribution >= 0.6 is 0 Å². The Morgan fingerprint density at radius 3 is 0.850 bits per heavy atom. The SMILES string of the molecule is CC/C=C\C/C=C\C/C=C\C/C=C\CCC(=O)OCC(COC(=O)CCCCCCCCCCCCCCCCCC/C=C\C/C=C\C/C=C\CCCCCCC)OC(=O)CCCCCCCCC/C=C\C/C=C\CCCCCC. The summed E-state index contributed by atoms with van der Waals surface area (Å²) in [6.45, 7) is 6.45. The van der Waals surface area contributed by atoms with Gasteiger partial charge in [0, 0.05) is 19.3 Å². The Morgan fingerprint density at radius 1 is 0.263 bits per heavy atom. The predicted octanol–water partition coefficient (Wildman–Crippen LogP) is 23.4. The summed E-state index contributed by atoms with van der Waals surface area (Å²) in [6.07, 6.45) is 92.7. The van der Waals surface area contributed by atoms with Gasteiger partial charge in [0.05, 0.1) is 0 Å². The number of ether oxygens (including phenoxy) is 3. The van der Waals surface area contributed by atoms with Crippen LogP contribution in [0.2, 0.25) is 0 Å². The van der Waals surface area contributed by atoms with Gasteiger partial charge in [0.15, 0.2) is 6.10 Å². The molecule has 0 amide bonds. The van der Waals surface area contributed by atoms with Crippen molar-refractivity contribution in [3.63, 3.8) is 0 Å². The van der Waals surface area contributed by atoms with Crippen molar-refractivity contribution < 1.29 is 28.6 Å². The highest BCUT2D eigenvalue weighted by atomic mass is 16.6. The van der Waals surface area contributed by atoms with Crippen molar-refractivity contribution in [3.05, 3.63) is 109 Å². The molecule has 6 heteroatoms. The number of unbranched alkanes of at least 4 members (excludes halogenated alkanes) is 32. The molecule has 0 radical (unpaired) electrons. The first kappa shape index (κ1) is 76.1. The standard InChI is InChI=1S/C74H126O6/c1-4-7-10-13-16-19-22-25-27-29-31-32-33-34-35-36-37-38-39-40-41-42-43-45-46-49-52-55-58-61-64-67-73(76)79-70-71(69-78-72(75)66-63-60-57-54-51-48-24-21-18-15-12-9-6-3)80-74(77)68-65-62-59-56-53-50-47-44-30-28-26-23-20-17-14-11-8-5-2/h9,12,18,20-23,25,28-31,33-34,48,51,57,60,71H,4-8,10-11,13-17,19,24,26-27,32,35-47,49-50,52-56,58-59,61-70H2,1-3H3/b12-9-,21-18-,23-20-,25-22-,30-28-,31-29-,34-33-,51-48-,60-57-. The molecule has 0 spiro atoms. The van der Waals surface area contributed by atoms with E-state index in [1.165, 1.54) is 186 Å². The highest BCUT2D eigenvalue weighted by Crippen LogP contribution is 2.16. The maximum atomic E-state index is 12.9. The van der Waals surface area contributed by atoms with Crippen LogP contribution in [-0.4, -0.2) is 37.2 Å². The van der Waals surface area contributed by atoms with Crippen LogP contribution in [0.15, 0.2) is 109 Å². The van der Waals surface area contributed by atoms with Crippen molar-refractivity contribution in [1.29, 1.82) is 0 Å². The average molecular weight is 1110 g/mol. The number of carbonyl (C=O) groups is 3. The Hall–Kier alpha value is -3.93. The van der Waals surface area contributed by atoms with E-state index in [4.69, 9.17) is 14.2 Å². The van der Waals surface area contributed by atoms with Gasteiger partial charge in [-0.1, -0.05) is 297 Å². The molecule has 0 rings (SSSR count). The summed E-state index contributed by atoms with van der Waals surface area (Å²) in [7, 11) is 0. The van der Waals surface area contributed by atoms with Gasteiger partial charge in [-0.15, -0.1) is 0 Å². The molecule has 0 aromatic rings. The third-order valence-electron chi connectivity index (χ3n) is 14.5. The lowest BCUT2D eigenvalue weighted by Crippen LogP contribution is -2.30. The van der Waals surface area contributed by atoms with Gasteiger partial charge in [-0.25, -0.2) is 0 Å². The topological polar surface area (TPSA) is 78.9 Å². The smallest absolute Gasteiger partial charge is 0.306 e. The van der Waals surface area contributed by atoms with Crippen LogP contribution in [-0.2, 0) is 28.6 Å². The summed E-state index contributed by atoms with van der Waals surface area (Å²) in [5, 5.41) is 0. The van der Waals surface area contributed by atoms with E-state index in [9.17, 15) is 14.4 Å². The Balaban J connectivity index is 4.26. The molecular weight excluding hydrogens is 985 g/mol. The van der Waals surface area contributed by atoms with Crippen molar-refractivity contribution in [2.45, 2.75) is 329 Å². The van der Waals surface area contributed by atoms with E-state index < -0.39 is 6.10 Å². The molecule has 1 atom stereocenters. The predicted molar refractivity (Wildman–Crippen MR) is 348 cm³/mol. The zero-order chi connectivity index (χ0) is 57.8. The van der Waals surface area contributed by atoms with Gasteiger partial charge in [-0.2, -0.15) is 0 Å². The van der Waals surface area contributed by atoms with E-state index >= 15 is 0 Å². The summed E-state index contributed by atoms with van der Waals surface area (Å²) in [6, 6.07) is 0. The first-order valence-electron chi connectivity index (χ1n) is 33.9. The third-order valence-corrected chi connectivity index (χ3v) is 14.5. The number of esters is 3. The van der Waals surface area contributed by atoms with Crippen molar-refractivity contribution in [2.24, 2.45) is 0 Å². The summed E-state index contributed by atoms with van der Waals surface area (Å²) < 4.78 is 16.9. The van der Waals surface area contributed by atoms with Gasteiger partial charge in [-0.05, 0) is 116 Å². The lowest BCUT2D eigenvalue weighted by Gasteiger charge is -2.18. The van der Waals surface area contributed by atoms with Crippen LogP contribution in [0.3, 0.4) is 0 Å². The summed E-state index contributed by atoms with van der Waals surface area (Å²) in [5.74, 6) is -0.987. The molecule has 458 valence electrons. The Kier molecular flexibility index (Phi) is 64.3. The largest absolute Gasteiger partial charge is 0.462 e. The van der Waals surface area contributed by atoms with E-state index in [1.54, 1.807) is 0 Å². The van der Waals surface area contributed by atoms with E-state index in [0.29, 0.717) is 19.3 Å². The molecule has 0 aliphatic heterocycles. The van der Waals surface area contributed by atoms with Crippen LogP contribution in [0.4, 0.5) is 0 Å². The first-order chi connectivity index (χ1) is 39.5. The normalized spacial score (nSPS) is 12.8. The molecule has 0 aromatic carbocycles. The van der Waals surface area contributed by atoms with Gasteiger partial charge < -0.3 is 14.2 Å². The summed E-state index contributed by atoms with van der Waals surface area (Å²) in [5.41, 5.74) is 0. The Labute approximate surface area is 495 Å². The second kappa shape index (κ2) is 67.6. The van der Waals surface area contributed by atoms with Gasteiger partial charge in [0.2, 0.25) is 0 Å². The van der Waals surface area contributed by atoms with Crippen molar-refractivity contribution in [1.82, 2.24) is 0 Å². The van der Waals surface area contributed by atoms with Gasteiger partial charge in [-0.3, -0.25) is 14.4 Å². The van der Waals surface area contributed by atoms with E-state index in [1.807, 2.05) is 6.08 Å². The highest BCUT2D eigenvalue weighted by Gasteiger charge is 2.19. The number of rotatable bonds is 61. The lowest BCUT2D eigenvalue weighted by atomic mass is 10.0. The minimum absolute atomic E-state index is 0.103. The monoisotopic (exact) mass is 1110 g/mol. The lowest BCUT2D eigenvalue weighted by molar-refractivity contribution is -0.166. The number of carbonyl (C=O) groups excluding carboxylic acids is 3. The number of allylic oxidation sites excluding steroid dienone is 18. The maximum Gasteiger partial charge on any atom is 0.306 e. The van der Waals surface area contributed by atoms with Crippen LogP contribution in [0.5, 0.6) is 0 Å². The fraction of sp³-hybridized carbons (Fsp3) is 0.716.